The Morgan fingerprint density at radius 3 is 2.36 bits per heavy atom. The lowest BCUT2D eigenvalue weighted by Crippen LogP contribution is -2.44. The molecule has 5 rings (SSSR count). The second kappa shape index (κ2) is 11.2. The molecule has 5 heteroatoms. The van der Waals surface area contributed by atoms with Crippen molar-refractivity contribution in [1.29, 1.82) is 0 Å². The lowest BCUT2D eigenvalue weighted by atomic mass is 9.78. The van der Waals surface area contributed by atoms with E-state index in [4.69, 9.17) is 4.74 Å². The van der Waals surface area contributed by atoms with Gasteiger partial charge in [-0.2, -0.15) is 0 Å². The van der Waals surface area contributed by atoms with E-state index in [9.17, 15) is 9.59 Å². The Morgan fingerprint density at radius 1 is 0.889 bits per heavy atom. The molecule has 0 bridgehead atoms. The third-order valence-electron chi connectivity index (χ3n) is 8.78. The van der Waals surface area contributed by atoms with Gasteiger partial charge in [-0.3, -0.25) is 9.59 Å². The van der Waals surface area contributed by atoms with E-state index in [1.165, 1.54) is 54.3 Å². The molecule has 0 N–H and O–H groups in total. The molecule has 0 radical (unpaired) electrons. The Hall–Kier alpha value is -2.66. The summed E-state index contributed by atoms with van der Waals surface area (Å²) in [6, 6.07) is 16.4. The van der Waals surface area contributed by atoms with Crippen LogP contribution in [0.2, 0.25) is 0 Å². The van der Waals surface area contributed by atoms with Crippen molar-refractivity contribution in [3.63, 3.8) is 0 Å². The predicted octanol–water partition coefficient (Wildman–Crippen LogP) is 5.24. The third kappa shape index (κ3) is 5.36. The smallest absolute Gasteiger partial charge is 0.309 e. The van der Waals surface area contributed by atoms with Gasteiger partial charge >= 0.3 is 5.97 Å². The summed E-state index contributed by atoms with van der Waals surface area (Å²) in [5.74, 6) is -0.633. The fourth-order valence-electron chi connectivity index (χ4n) is 6.48. The van der Waals surface area contributed by atoms with Crippen molar-refractivity contribution in [2.45, 2.75) is 70.9 Å². The number of hydrogen-bond acceptors (Lipinski definition) is 4. The summed E-state index contributed by atoms with van der Waals surface area (Å²) in [6.07, 6.45) is 8.17. The van der Waals surface area contributed by atoms with Crippen LogP contribution in [0.3, 0.4) is 0 Å². The zero-order valence-corrected chi connectivity index (χ0v) is 21.9. The van der Waals surface area contributed by atoms with Gasteiger partial charge in [0.05, 0.1) is 18.9 Å². The largest absolute Gasteiger partial charge is 0.469 e. The van der Waals surface area contributed by atoms with Gasteiger partial charge in [0.25, 0.3) is 0 Å². The average molecular weight is 489 g/mol. The van der Waals surface area contributed by atoms with Gasteiger partial charge in [0, 0.05) is 25.7 Å². The van der Waals surface area contributed by atoms with Gasteiger partial charge in [-0.25, -0.2) is 0 Å². The number of ether oxygens (including phenoxy) is 1. The van der Waals surface area contributed by atoms with Gasteiger partial charge in [-0.1, -0.05) is 55.3 Å². The van der Waals surface area contributed by atoms with E-state index in [0.29, 0.717) is 13.1 Å². The molecule has 36 heavy (non-hydrogen) atoms. The molecular formula is C31H40N2O3. The molecule has 2 fully saturated rings. The molecule has 2 aliphatic heterocycles. The van der Waals surface area contributed by atoms with E-state index in [1.54, 1.807) is 0 Å². The number of hydrogen-bond donors (Lipinski definition) is 0. The molecule has 2 heterocycles. The van der Waals surface area contributed by atoms with Gasteiger partial charge in [-0.15, -0.1) is 0 Å². The van der Waals surface area contributed by atoms with Gasteiger partial charge in [0.1, 0.15) is 0 Å². The average Bonchev–Trinajstić information content (AvgIpc) is 3.35. The number of fused-ring (bicyclic) bond motifs is 1. The number of nitrogens with zero attached hydrogens (tertiary/aromatic N) is 2. The second-order valence-electron chi connectivity index (χ2n) is 11.0. The van der Waals surface area contributed by atoms with Gasteiger partial charge in [-0.05, 0) is 79.8 Å². The zero-order chi connectivity index (χ0) is 25.1. The molecule has 2 aromatic rings. The second-order valence-corrected chi connectivity index (χ2v) is 11.0. The van der Waals surface area contributed by atoms with Crippen LogP contribution < -0.4 is 0 Å². The standard InChI is InChI=1S/C31H40N2O3/c1-22-6-5-17-32(22)18-15-23-9-11-24(12-10-23)25-13-14-27-21-33(19-16-26(27)20-25)30(34)28-7-3-4-8-29(28)31(35)36-2/h9-14,20,22,28-29H,3-8,15-19,21H2,1-2H3/t22-,28-,29-/m1/s1. The molecule has 0 unspecified atom stereocenters. The first-order chi connectivity index (χ1) is 17.5. The molecule has 1 saturated carbocycles. The lowest BCUT2D eigenvalue weighted by molar-refractivity contribution is -0.155. The summed E-state index contributed by atoms with van der Waals surface area (Å²) < 4.78 is 5.01. The van der Waals surface area contributed by atoms with Crippen molar-refractivity contribution in [1.82, 2.24) is 9.80 Å². The molecule has 1 amide bonds. The van der Waals surface area contributed by atoms with Crippen LogP contribution in [0.1, 0.15) is 62.1 Å². The molecular weight excluding hydrogens is 448 g/mol. The Labute approximate surface area is 215 Å². The molecule has 1 aliphatic carbocycles. The minimum absolute atomic E-state index is 0.124. The Morgan fingerprint density at radius 2 is 1.64 bits per heavy atom. The summed E-state index contributed by atoms with van der Waals surface area (Å²) in [7, 11) is 1.43. The molecule has 5 nitrogen and oxygen atoms in total. The molecule has 3 aliphatic rings. The van der Waals surface area contributed by atoms with Gasteiger partial charge in [0.2, 0.25) is 5.91 Å². The molecule has 1 saturated heterocycles. The van der Waals surface area contributed by atoms with Crippen molar-refractivity contribution in [3.8, 4) is 11.1 Å². The molecule has 192 valence electrons. The van der Waals surface area contributed by atoms with E-state index in [1.807, 2.05) is 4.90 Å². The highest BCUT2D eigenvalue weighted by Crippen LogP contribution is 2.34. The number of amides is 1. The fourth-order valence-corrected chi connectivity index (χ4v) is 6.48. The number of benzene rings is 2. The van der Waals surface area contributed by atoms with Gasteiger partial charge < -0.3 is 14.5 Å². The minimum Gasteiger partial charge on any atom is -0.469 e. The normalized spacial score (nSPS) is 24.4. The first kappa shape index (κ1) is 25.0. The summed E-state index contributed by atoms with van der Waals surface area (Å²) in [5, 5.41) is 0. The maximum atomic E-state index is 13.4. The van der Waals surface area contributed by atoms with Crippen LogP contribution in [0.4, 0.5) is 0 Å². The van der Waals surface area contributed by atoms with Gasteiger partial charge in [0.15, 0.2) is 0 Å². The fraction of sp³-hybridized carbons (Fsp3) is 0.548. The van der Waals surface area contributed by atoms with E-state index >= 15 is 0 Å². The predicted molar refractivity (Wildman–Crippen MR) is 142 cm³/mol. The van der Waals surface area contributed by atoms with Crippen molar-refractivity contribution in [2.24, 2.45) is 11.8 Å². The minimum atomic E-state index is -0.290. The van der Waals surface area contributed by atoms with Crippen molar-refractivity contribution >= 4 is 11.9 Å². The maximum Gasteiger partial charge on any atom is 0.309 e. The topological polar surface area (TPSA) is 49.9 Å². The van der Waals surface area contributed by atoms with E-state index in [-0.39, 0.29) is 23.7 Å². The summed E-state index contributed by atoms with van der Waals surface area (Å²) in [5.41, 5.74) is 6.44. The quantitative estimate of drug-likeness (QED) is 0.522. The summed E-state index contributed by atoms with van der Waals surface area (Å²) >= 11 is 0. The number of likely N-dealkylation sites (tertiary alicyclic amines) is 1. The first-order valence-electron chi connectivity index (χ1n) is 13.9. The molecule has 3 atom stereocenters. The number of methoxy groups -OCH3 is 1. The van der Waals surface area contributed by atoms with Crippen LogP contribution in [0.5, 0.6) is 0 Å². The monoisotopic (exact) mass is 488 g/mol. The zero-order valence-electron chi connectivity index (χ0n) is 21.9. The van der Waals surface area contributed by atoms with E-state index < -0.39 is 0 Å². The highest BCUT2D eigenvalue weighted by molar-refractivity contribution is 5.86. The van der Waals surface area contributed by atoms with Crippen LogP contribution >= 0.6 is 0 Å². The van der Waals surface area contributed by atoms with Crippen LogP contribution in [0, 0.1) is 11.8 Å². The molecule has 0 aromatic heterocycles. The molecule has 0 spiro atoms. The maximum absolute atomic E-state index is 13.4. The highest BCUT2D eigenvalue weighted by Gasteiger charge is 2.39. The van der Waals surface area contributed by atoms with E-state index in [0.717, 1.165) is 51.1 Å². The van der Waals surface area contributed by atoms with Crippen LogP contribution in [0.25, 0.3) is 11.1 Å². The number of rotatable bonds is 6. The third-order valence-corrected chi connectivity index (χ3v) is 8.78. The van der Waals surface area contributed by atoms with Crippen LogP contribution in [-0.4, -0.2) is 54.5 Å². The Kier molecular flexibility index (Phi) is 7.76. The Bertz CT molecular complexity index is 1080. The number of esters is 1. The first-order valence-corrected chi connectivity index (χ1v) is 13.9. The number of carbonyl (C=O) groups excluding carboxylic acids is 2. The van der Waals surface area contributed by atoms with E-state index in [2.05, 4.69) is 54.3 Å². The van der Waals surface area contributed by atoms with Crippen molar-refractivity contribution in [3.05, 3.63) is 59.2 Å². The summed E-state index contributed by atoms with van der Waals surface area (Å²) in [6.45, 7) is 6.08. The van der Waals surface area contributed by atoms with Crippen molar-refractivity contribution in [2.75, 3.05) is 26.7 Å². The summed E-state index contributed by atoms with van der Waals surface area (Å²) in [4.78, 5) is 30.2. The Balaban J connectivity index is 1.22. The SMILES string of the molecule is COC(=O)[C@@H]1CCCC[C@H]1C(=O)N1CCc2cc(-c3ccc(CCN4CCC[C@H]4C)cc3)ccc2C1. The lowest BCUT2D eigenvalue weighted by Gasteiger charge is -2.36. The molecule has 2 aromatic carbocycles. The van der Waals surface area contributed by atoms with Crippen LogP contribution in [-0.2, 0) is 33.7 Å². The van der Waals surface area contributed by atoms with Crippen molar-refractivity contribution < 1.29 is 14.3 Å². The van der Waals surface area contributed by atoms with Crippen LogP contribution in [0.15, 0.2) is 42.5 Å². The highest BCUT2D eigenvalue weighted by atomic mass is 16.5. The number of carbonyl (C=O) groups is 2.